The fourth-order valence-corrected chi connectivity index (χ4v) is 0.451. The number of Topliss-reactive ketones (excluding diaryl/α,β-unsaturated/α-hetero) is 1. The molecule has 12 heavy (non-hydrogen) atoms. The van der Waals surface area contributed by atoms with E-state index in [0.29, 0.717) is 0 Å². The number of ketones is 1. The second kappa shape index (κ2) is 4.58. The number of carbonyl (C=O) groups is 2. The number of esters is 1. The average Bonchev–Trinajstić information content (AvgIpc) is 2.02. The Kier molecular flexibility index (Phi) is 4.10. The lowest BCUT2D eigenvalue weighted by Crippen LogP contribution is -2.20. The van der Waals surface area contributed by atoms with Crippen LogP contribution in [-0.2, 0) is 14.3 Å². The predicted molar refractivity (Wildman–Crippen MR) is 36.8 cm³/mol. The standard InChI is InChI=1S/C7H8F2O3/c1-3-12-7(11)4(2)5(10)6(8)9/h6H,2-3H2,1H3. The molecule has 0 radical (unpaired) electrons. The van der Waals surface area contributed by atoms with Gasteiger partial charge in [-0.05, 0) is 6.92 Å². The first-order valence-corrected chi connectivity index (χ1v) is 3.19. The topological polar surface area (TPSA) is 43.4 Å². The minimum atomic E-state index is -3.21. The second-order valence-corrected chi connectivity index (χ2v) is 1.86. The summed E-state index contributed by atoms with van der Waals surface area (Å²) in [4.78, 5) is 21.0. The molecule has 5 heteroatoms. The summed E-state index contributed by atoms with van der Waals surface area (Å²) in [5.41, 5.74) is -0.813. The Morgan fingerprint density at radius 3 is 2.33 bits per heavy atom. The summed E-state index contributed by atoms with van der Waals surface area (Å²) in [6.07, 6.45) is -3.21. The van der Waals surface area contributed by atoms with Gasteiger partial charge in [0.25, 0.3) is 0 Å². The van der Waals surface area contributed by atoms with Gasteiger partial charge in [-0.3, -0.25) is 4.79 Å². The number of hydrogen-bond donors (Lipinski definition) is 0. The highest BCUT2D eigenvalue weighted by Crippen LogP contribution is 2.04. The van der Waals surface area contributed by atoms with Gasteiger partial charge in [-0.1, -0.05) is 6.58 Å². The summed E-state index contributed by atoms with van der Waals surface area (Å²) in [6, 6.07) is 0. The van der Waals surface area contributed by atoms with E-state index in [0.717, 1.165) is 0 Å². The van der Waals surface area contributed by atoms with Gasteiger partial charge in [-0.15, -0.1) is 0 Å². The molecule has 0 atom stereocenters. The molecule has 0 unspecified atom stereocenters. The van der Waals surface area contributed by atoms with Crippen molar-refractivity contribution in [1.82, 2.24) is 0 Å². The molecule has 0 aliphatic carbocycles. The molecule has 0 amide bonds. The maximum absolute atomic E-state index is 11.7. The highest BCUT2D eigenvalue weighted by molar-refractivity contribution is 6.17. The molecule has 0 aromatic carbocycles. The third-order valence-electron chi connectivity index (χ3n) is 1.02. The fraction of sp³-hybridized carbons (Fsp3) is 0.429. The van der Waals surface area contributed by atoms with Crippen LogP contribution in [0.2, 0.25) is 0 Å². The Balaban J connectivity index is 4.20. The summed E-state index contributed by atoms with van der Waals surface area (Å²) in [6.45, 7) is 4.41. The highest BCUT2D eigenvalue weighted by Gasteiger charge is 2.24. The van der Waals surface area contributed by atoms with E-state index in [1.165, 1.54) is 6.92 Å². The number of carbonyl (C=O) groups excluding carboxylic acids is 2. The van der Waals surface area contributed by atoms with Crippen LogP contribution in [0.4, 0.5) is 8.78 Å². The zero-order chi connectivity index (χ0) is 9.72. The van der Waals surface area contributed by atoms with E-state index in [2.05, 4.69) is 11.3 Å². The smallest absolute Gasteiger partial charge is 0.341 e. The summed E-state index contributed by atoms with van der Waals surface area (Å²) in [5, 5.41) is 0. The van der Waals surface area contributed by atoms with Crippen molar-refractivity contribution < 1.29 is 23.1 Å². The van der Waals surface area contributed by atoms with Gasteiger partial charge in [-0.25, -0.2) is 13.6 Å². The van der Waals surface area contributed by atoms with Crippen molar-refractivity contribution >= 4 is 11.8 Å². The van der Waals surface area contributed by atoms with E-state index in [9.17, 15) is 18.4 Å². The lowest BCUT2D eigenvalue weighted by molar-refractivity contribution is -0.141. The average molecular weight is 178 g/mol. The summed E-state index contributed by atoms with van der Waals surface area (Å²) < 4.78 is 27.6. The van der Waals surface area contributed by atoms with Crippen molar-refractivity contribution in [3.05, 3.63) is 12.2 Å². The normalized spacial score (nSPS) is 9.67. The molecule has 0 saturated heterocycles. The number of hydrogen-bond acceptors (Lipinski definition) is 3. The maximum Gasteiger partial charge on any atom is 0.341 e. The predicted octanol–water partition coefficient (Wildman–Crippen LogP) is 0.940. The molecule has 0 aromatic heterocycles. The second-order valence-electron chi connectivity index (χ2n) is 1.86. The molecule has 0 bridgehead atoms. The SMILES string of the molecule is C=C(C(=O)OCC)C(=O)C(F)F. The molecule has 3 nitrogen and oxygen atoms in total. The lowest BCUT2D eigenvalue weighted by Gasteiger charge is -2.02. The van der Waals surface area contributed by atoms with Gasteiger partial charge >= 0.3 is 12.4 Å². The van der Waals surface area contributed by atoms with Crippen molar-refractivity contribution in [2.75, 3.05) is 6.61 Å². The monoisotopic (exact) mass is 178 g/mol. The van der Waals surface area contributed by atoms with E-state index in [1.54, 1.807) is 0 Å². The van der Waals surface area contributed by atoms with Crippen LogP contribution in [0.25, 0.3) is 0 Å². The molecular formula is C7H8F2O3. The van der Waals surface area contributed by atoms with Crippen molar-refractivity contribution in [3.8, 4) is 0 Å². The van der Waals surface area contributed by atoms with Gasteiger partial charge in [0.05, 0.1) is 6.61 Å². The van der Waals surface area contributed by atoms with Crippen LogP contribution in [0.3, 0.4) is 0 Å². The van der Waals surface area contributed by atoms with Crippen LogP contribution in [0.5, 0.6) is 0 Å². The number of halogens is 2. The molecule has 0 aromatic rings. The van der Waals surface area contributed by atoms with E-state index in [-0.39, 0.29) is 6.61 Å². The summed E-state index contributed by atoms with van der Waals surface area (Å²) in [5.74, 6) is -2.68. The Bertz CT molecular complexity index is 211. The van der Waals surface area contributed by atoms with Crippen LogP contribution < -0.4 is 0 Å². The third-order valence-corrected chi connectivity index (χ3v) is 1.02. The Labute approximate surface area is 68.0 Å². The first kappa shape index (κ1) is 10.7. The minimum Gasteiger partial charge on any atom is -0.462 e. The van der Waals surface area contributed by atoms with Crippen LogP contribution in [0.15, 0.2) is 12.2 Å². The van der Waals surface area contributed by atoms with E-state index < -0.39 is 23.8 Å². The minimum absolute atomic E-state index is 0.0222. The third kappa shape index (κ3) is 2.77. The molecule has 68 valence electrons. The van der Waals surface area contributed by atoms with E-state index >= 15 is 0 Å². The van der Waals surface area contributed by atoms with Crippen LogP contribution in [-0.4, -0.2) is 24.8 Å². The van der Waals surface area contributed by atoms with Crippen molar-refractivity contribution in [2.45, 2.75) is 13.3 Å². The van der Waals surface area contributed by atoms with Crippen molar-refractivity contribution in [1.29, 1.82) is 0 Å². The van der Waals surface area contributed by atoms with Gasteiger partial charge in [-0.2, -0.15) is 0 Å². The molecule has 0 fully saturated rings. The first-order valence-electron chi connectivity index (χ1n) is 3.19. The molecular weight excluding hydrogens is 170 g/mol. The molecule has 0 aliphatic heterocycles. The van der Waals surface area contributed by atoms with E-state index in [4.69, 9.17) is 0 Å². The molecule has 0 heterocycles. The lowest BCUT2D eigenvalue weighted by atomic mass is 10.2. The van der Waals surface area contributed by atoms with E-state index in [1.807, 2.05) is 0 Å². The van der Waals surface area contributed by atoms with Crippen LogP contribution >= 0.6 is 0 Å². The number of alkyl halides is 2. The molecule has 0 aliphatic rings. The van der Waals surface area contributed by atoms with Gasteiger partial charge in [0.2, 0.25) is 5.78 Å². The van der Waals surface area contributed by atoms with Crippen molar-refractivity contribution in [3.63, 3.8) is 0 Å². The summed E-state index contributed by atoms with van der Waals surface area (Å²) in [7, 11) is 0. The molecule has 0 spiro atoms. The summed E-state index contributed by atoms with van der Waals surface area (Å²) >= 11 is 0. The fourth-order valence-electron chi connectivity index (χ4n) is 0.451. The van der Waals surface area contributed by atoms with Gasteiger partial charge in [0, 0.05) is 0 Å². The van der Waals surface area contributed by atoms with Gasteiger partial charge in [0.15, 0.2) is 0 Å². The first-order chi connectivity index (χ1) is 5.50. The Morgan fingerprint density at radius 1 is 1.50 bits per heavy atom. The van der Waals surface area contributed by atoms with Crippen molar-refractivity contribution in [2.24, 2.45) is 0 Å². The quantitative estimate of drug-likeness (QED) is 0.278. The zero-order valence-corrected chi connectivity index (χ0v) is 6.47. The van der Waals surface area contributed by atoms with Gasteiger partial charge < -0.3 is 4.74 Å². The molecule has 0 rings (SSSR count). The highest BCUT2D eigenvalue weighted by atomic mass is 19.3. The molecule has 0 N–H and O–H groups in total. The zero-order valence-electron chi connectivity index (χ0n) is 6.47. The van der Waals surface area contributed by atoms with Crippen LogP contribution in [0.1, 0.15) is 6.92 Å². The Morgan fingerprint density at radius 2 is 2.00 bits per heavy atom. The number of rotatable bonds is 4. The van der Waals surface area contributed by atoms with Crippen LogP contribution in [0, 0.1) is 0 Å². The largest absolute Gasteiger partial charge is 0.462 e. The maximum atomic E-state index is 11.7. The Hall–Kier alpha value is -1.26. The number of ether oxygens (including phenoxy) is 1. The van der Waals surface area contributed by atoms with Gasteiger partial charge in [0.1, 0.15) is 5.57 Å². The molecule has 0 saturated carbocycles.